The fourth-order valence-electron chi connectivity index (χ4n) is 1.95. The summed E-state index contributed by atoms with van der Waals surface area (Å²) >= 11 is 0. The molecule has 0 fully saturated rings. The van der Waals surface area contributed by atoms with Crippen molar-refractivity contribution in [1.82, 2.24) is 4.98 Å². The van der Waals surface area contributed by atoms with Gasteiger partial charge in [-0.25, -0.2) is 10.9 Å². The second kappa shape index (κ2) is 4.62. The Balaban J connectivity index is 2.72. The predicted molar refractivity (Wildman–Crippen MR) is 73.9 cm³/mol. The molecule has 2 aromatic rings. The Labute approximate surface area is 109 Å². The molecule has 1 aromatic heterocycles. The second-order valence-electron chi connectivity index (χ2n) is 4.35. The van der Waals surface area contributed by atoms with E-state index < -0.39 is 5.91 Å². The van der Waals surface area contributed by atoms with E-state index >= 15 is 0 Å². The second-order valence-corrected chi connectivity index (χ2v) is 4.35. The zero-order valence-electron chi connectivity index (χ0n) is 10.7. The zero-order valence-corrected chi connectivity index (χ0v) is 10.7. The number of rotatable bonds is 4. The van der Waals surface area contributed by atoms with Crippen molar-refractivity contribution in [3.63, 3.8) is 0 Å². The molecule has 0 saturated heterocycles. The molecule has 0 radical (unpaired) electrons. The van der Waals surface area contributed by atoms with Crippen LogP contribution in [0.5, 0.6) is 0 Å². The fraction of sp³-hybridized carbons (Fsp3) is 0.167. The van der Waals surface area contributed by atoms with E-state index in [-0.39, 0.29) is 11.4 Å². The van der Waals surface area contributed by atoms with E-state index in [2.05, 4.69) is 4.98 Å². The Morgan fingerprint density at radius 2 is 2.05 bits per heavy atom. The van der Waals surface area contributed by atoms with Crippen LogP contribution < -0.4 is 21.5 Å². The van der Waals surface area contributed by atoms with E-state index in [4.69, 9.17) is 11.6 Å². The summed E-state index contributed by atoms with van der Waals surface area (Å²) in [7, 11) is 3.81. The van der Waals surface area contributed by atoms with Gasteiger partial charge in [0, 0.05) is 30.7 Å². The number of carbonyl (C=O) groups excluding carboxylic acids is 2. The molecule has 5 N–H and O–H groups in total. The van der Waals surface area contributed by atoms with Gasteiger partial charge in [-0.05, 0) is 18.2 Å². The lowest BCUT2D eigenvalue weighted by atomic mass is 10.1. The highest BCUT2D eigenvalue weighted by atomic mass is 16.1. The number of aromatic amines is 1. The number of hydrazine groups is 1. The van der Waals surface area contributed by atoms with Crippen molar-refractivity contribution in [2.24, 2.45) is 11.6 Å². The molecule has 7 heteroatoms. The van der Waals surface area contributed by atoms with Crippen molar-refractivity contribution >= 4 is 34.7 Å². The Hall–Kier alpha value is -2.54. The smallest absolute Gasteiger partial charge is 0.253 e. The monoisotopic (exact) mass is 261 g/mol. The first-order valence-electron chi connectivity index (χ1n) is 5.57. The topological polar surface area (TPSA) is 108 Å². The molecule has 0 aliphatic heterocycles. The number of benzene rings is 1. The van der Waals surface area contributed by atoms with E-state index in [0.29, 0.717) is 17.3 Å². The Morgan fingerprint density at radius 3 is 2.58 bits per heavy atom. The van der Waals surface area contributed by atoms with Crippen LogP contribution in [0, 0.1) is 0 Å². The quantitative estimate of drug-likeness (QED) is 0.315. The summed E-state index contributed by atoms with van der Waals surface area (Å²) < 4.78 is 0. The van der Waals surface area contributed by atoms with Crippen LogP contribution in [-0.4, -0.2) is 31.4 Å². The molecular formula is C12H15N5O2. The van der Waals surface area contributed by atoms with Crippen molar-refractivity contribution in [1.29, 1.82) is 0 Å². The highest BCUT2D eigenvalue weighted by Crippen LogP contribution is 2.29. The average molecular weight is 261 g/mol. The number of aromatic nitrogens is 1. The number of primary amides is 1. The van der Waals surface area contributed by atoms with Crippen LogP contribution in [0.2, 0.25) is 0 Å². The maximum absolute atomic E-state index is 11.5. The van der Waals surface area contributed by atoms with Crippen LogP contribution in [-0.2, 0) is 4.79 Å². The molecule has 2 amide bonds. The summed E-state index contributed by atoms with van der Waals surface area (Å²) in [6.07, 6.45) is 0.407. The van der Waals surface area contributed by atoms with Gasteiger partial charge in [0.1, 0.15) is 5.82 Å². The van der Waals surface area contributed by atoms with Crippen molar-refractivity contribution in [2.75, 3.05) is 24.0 Å². The van der Waals surface area contributed by atoms with E-state index in [1.54, 1.807) is 6.07 Å². The fourth-order valence-corrected chi connectivity index (χ4v) is 1.95. The summed E-state index contributed by atoms with van der Waals surface area (Å²) in [4.78, 5) is 27.1. The number of hydrogen-bond acceptors (Lipinski definition) is 4. The third-order valence-electron chi connectivity index (χ3n) is 2.90. The Bertz CT molecular complexity index is 647. The van der Waals surface area contributed by atoms with Crippen molar-refractivity contribution in [2.45, 2.75) is 0 Å². The van der Waals surface area contributed by atoms with Gasteiger partial charge in [-0.15, -0.1) is 0 Å². The molecule has 0 unspecified atom stereocenters. The summed E-state index contributed by atoms with van der Waals surface area (Å²) in [6.45, 7) is 0. The number of amides is 2. The molecule has 100 valence electrons. The maximum Gasteiger partial charge on any atom is 0.253 e. The molecule has 0 bridgehead atoms. The highest BCUT2D eigenvalue weighted by molar-refractivity contribution is 6.12. The van der Waals surface area contributed by atoms with Gasteiger partial charge in [0.15, 0.2) is 0 Å². The van der Waals surface area contributed by atoms with Gasteiger partial charge in [0.05, 0.1) is 5.56 Å². The van der Waals surface area contributed by atoms with Crippen LogP contribution in [0.15, 0.2) is 18.2 Å². The van der Waals surface area contributed by atoms with E-state index in [1.807, 2.05) is 31.1 Å². The van der Waals surface area contributed by atoms with Crippen LogP contribution in [0.1, 0.15) is 10.4 Å². The molecule has 0 spiro atoms. The number of H-pyrrole nitrogens is 1. The third-order valence-corrected chi connectivity index (χ3v) is 2.90. The van der Waals surface area contributed by atoms with Crippen molar-refractivity contribution in [3.8, 4) is 0 Å². The van der Waals surface area contributed by atoms with E-state index in [9.17, 15) is 9.59 Å². The lowest BCUT2D eigenvalue weighted by Crippen LogP contribution is -2.31. The minimum absolute atomic E-state index is 0.188. The standard InChI is InChI=1S/C12H15N5O2/c1-16(2)7-3-4-8-9(5-7)15-12(17(14)6-18)10(8)11(13)19/h3-6,15H,14H2,1-2H3,(H2,13,19). The Morgan fingerprint density at radius 1 is 1.37 bits per heavy atom. The number of nitrogens with two attached hydrogens (primary N) is 2. The first-order chi connectivity index (χ1) is 8.95. The van der Waals surface area contributed by atoms with Gasteiger partial charge in [0.25, 0.3) is 5.91 Å². The number of fused-ring (bicyclic) bond motifs is 1. The van der Waals surface area contributed by atoms with Gasteiger partial charge in [-0.3, -0.25) is 9.59 Å². The van der Waals surface area contributed by atoms with Crippen LogP contribution >= 0.6 is 0 Å². The number of anilines is 2. The summed E-state index contributed by atoms with van der Waals surface area (Å²) in [6, 6.07) is 5.47. The molecule has 0 aliphatic carbocycles. The first kappa shape index (κ1) is 12.9. The van der Waals surface area contributed by atoms with Crippen LogP contribution in [0.4, 0.5) is 11.5 Å². The SMILES string of the molecule is CN(C)c1ccc2c(C(N)=O)c(N(N)C=O)[nH]c2c1. The predicted octanol–water partition coefficient (Wildman–Crippen LogP) is 0.169. The summed E-state index contributed by atoms with van der Waals surface area (Å²) in [5.41, 5.74) is 7.19. The third kappa shape index (κ3) is 2.11. The van der Waals surface area contributed by atoms with Crippen LogP contribution in [0.25, 0.3) is 10.9 Å². The molecule has 2 rings (SSSR count). The lowest BCUT2D eigenvalue weighted by Gasteiger charge is -2.11. The van der Waals surface area contributed by atoms with Gasteiger partial charge in [-0.1, -0.05) is 0 Å². The maximum atomic E-state index is 11.5. The van der Waals surface area contributed by atoms with Gasteiger partial charge in [0.2, 0.25) is 6.41 Å². The molecule has 1 aromatic carbocycles. The molecule has 0 atom stereocenters. The number of nitrogens with one attached hydrogen (secondary N) is 1. The molecule has 19 heavy (non-hydrogen) atoms. The Kier molecular flexibility index (Phi) is 3.14. The largest absolute Gasteiger partial charge is 0.378 e. The highest BCUT2D eigenvalue weighted by Gasteiger charge is 2.19. The van der Waals surface area contributed by atoms with Gasteiger partial charge >= 0.3 is 0 Å². The summed E-state index contributed by atoms with van der Waals surface area (Å²) in [5, 5.41) is 1.43. The minimum Gasteiger partial charge on any atom is -0.378 e. The zero-order chi connectivity index (χ0) is 14.2. The lowest BCUT2D eigenvalue weighted by molar-refractivity contribution is -0.107. The first-order valence-corrected chi connectivity index (χ1v) is 5.57. The average Bonchev–Trinajstić information content (AvgIpc) is 2.75. The van der Waals surface area contributed by atoms with E-state index in [1.165, 1.54) is 0 Å². The van der Waals surface area contributed by atoms with Gasteiger partial charge in [-0.2, -0.15) is 0 Å². The van der Waals surface area contributed by atoms with Crippen LogP contribution in [0.3, 0.4) is 0 Å². The molecule has 1 heterocycles. The molecule has 0 saturated carbocycles. The number of carbonyl (C=O) groups is 2. The minimum atomic E-state index is -0.642. The van der Waals surface area contributed by atoms with Gasteiger partial charge < -0.3 is 15.6 Å². The number of hydrogen-bond donors (Lipinski definition) is 3. The summed E-state index contributed by atoms with van der Waals surface area (Å²) in [5.74, 6) is 5.06. The molecule has 0 aliphatic rings. The molecule has 7 nitrogen and oxygen atoms in total. The van der Waals surface area contributed by atoms with E-state index in [0.717, 1.165) is 10.7 Å². The van der Waals surface area contributed by atoms with Crippen molar-refractivity contribution < 1.29 is 9.59 Å². The normalized spacial score (nSPS) is 10.5. The molecular weight excluding hydrogens is 246 g/mol. The number of nitrogens with zero attached hydrogens (tertiary/aromatic N) is 2. The van der Waals surface area contributed by atoms with Crippen molar-refractivity contribution in [3.05, 3.63) is 23.8 Å².